The molecule has 0 spiro atoms. The van der Waals surface area contributed by atoms with Crippen molar-refractivity contribution in [2.24, 2.45) is 0 Å². The van der Waals surface area contributed by atoms with Crippen LogP contribution in [0.15, 0.2) is 48.5 Å². The minimum atomic E-state index is -3.42. The summed E-state index contributed by atoms with van der Waals surface area (Å²) in [5.41, 5.74) is -2.15. The van der Waals surface area contributed by atoms with Crippen LogP contribution in [0.3, 0.4) is 0 Å². The highest BCUT2D eigenvalue weighted by Gasteiger charge is 2.19. The Morgan fingerprint density at radius 2 is 2.28 bits per heavy atom. The molecular formula is C21H23NO3. The monoisotopic (exact) mass is 352 g/mol. The normalized spacial score (nSPS) is 27.6. The summed E-state index contributed by atoms with van der Waals surface area (Å²) in [4.78, 5) is 11.4. The molecule has 1 aliphatic rings. The summed E-state index contributed by atoms with van der Waals surface area (Å²) in [5, 5.41) is 9.45. The van der Waals surface area contributed by atoms with Gasteiger partial charge in [0.15, 0.2) is 0 Å². The third-order valence-electron chi connectivity index (χ3n) is 3.32. The maximum Gasteiger partial charge on any atom is 0.307 e. The van der Waals surface area contributed by atoms with Crippen LogP contribution in [-0.2, 0) is 17.7 Å². The number of benzene rings is 2. The van der Waals surface area contributed by atoms with E-state index in [-0.39, 0.29) is 21.6 Å². The lowest BCUT2D eigenvalue weighted by molar-refractivity contribution is -0.136. The van der Waals surface area contributed by atoms with Crippen molar-refractivity contribution in [3.63, 3.8) is 0 Å². The van der Waals surface area contributed by atoms with Crippen LogP contribution >= 0.6 is 0 Å². The van der Waals surface area contributed by atoms with Crippen molar-refractivity contribution in [2.75, 3.05) is 20.4 Å². The Kier molecular flexibility index (Phi) is 1.99. The molecule has 0 radical (unpaired) electrons. The molecule has 0 aromatic heterocycles. The first-order valence-electron chi connectivity index (χ1n) is 14.6. The van der Waals surface area contributed by atoms with Crippen LogP contribution in [0.2, 0.25) is 0 Å². The van der Waals surface area contributed by atoms with Gasteiger partial charge in [-0.15, -0.1) is 0 Å². The van der Waals surface area contributed by atoms with Crippen LogP contribution in [0.1, 0.15) is 49.2 Å². The highest BCUT2D eigenvalue weighted by atomic mass is 16.5. The molecule has 3 rings (SSSR count). The van der Waals surface area contributed by atoms with Crippen molar-refractivity contribution in [3.8, 4) is 5.75 Å². The third kappa shape index (κ3) is 4.09. The molecule has 0 saturated heterocycles. The summed E-state index contributed by atoms with van der Waals surface area (Å²) in [6.07, 6.45) is -3.39. The van der Waals surface area contributed by atoms with Gasteiger partial charge in [-0.3, -0.25) is 4.79 Å². The number of fused-ring (bicyclic) bond motifs is 2. The van der Waals surface area contributed by atoms with E-state index in [1.54, 1.807) is 0 Å². The van der Waals surface area contributed by atoms with Gasteiger partial charge in [0.1, 0.15) is 12.3 Å². The van der Waals surface area contributed by atoms with Gasteiger partial charge in [-0.25, -0.2) is 0 Å². The molecule has 0 aliphatic carbocycles. The van der Waals surface area contributed by atoms with E-state index in [0.29, 0.717) is 0 Å². The number of ether oxygens (including phenoxy) is 1. The van der Waals surface area contributed by atoms with Gasteiger partial charge >= 0.3 is 5.97 Å². The Hall–Kier alpha value is -2.59. The van der Waals surface area contributed by atoms with Crippen molar-refractivity contribution < 1.29 is 35.2 Å². The largest absolute Gasteiger partial charge is 0.488 e. The van der Waals surface area contributed by atoms with Gasteiger partial charge in [0.2, 0.25) is 0 Å². The van der Waals surface area contributed by atoms with Crippen LogP contribution in [0.5, 0.6) is 5.75 Å². The minimum absolute atomic E-state index is 0.0659. The Labute approximate surface area is 169 Å². The summed E-state index contributed by atoms with van der Waals surface area (Å²) in [5.74, 6) is -2.82. The first-order chi connectivity index (χ1) is 18.0. The van der Waals surface area contributed by atoms with Crippen LogP contribution < -0.4 is 4.74 Å². The van der Waals surface area contributed by atoms with Crippen molar-refractivity contribution in [1.29, 1.82) is 0 Å². The molecule has 1 N–H and O–H groups in total. The Morgan fingerprint density at radius 1 is 1.44 bits per heavy atom. The number of carboxylic acid groups (broad SMARTS) is 1. The molecule has 1 heterocycles. The molecule has 0 atom stereocenters. The Morgan fingerprint density at radius 3 is 3.08 bits per heavy atom. The van der Waals surface area contributed by atoms with E-state index < -0.39 is 80.8 Å². The predicted molar refractivity (Wildman–Crippen MR) is 98.8 cm³/mol. The smallest absolute Gasteiger partial charge is 0.307 e. The number of carbonyl (C=O) groups is 1. The first-order valence-corrected chi connectivity index (χ1v) is 7.13. The molecule has 1 aliphatic heterocycles. The third-order valence-corrected chi connectivity index (χ3v) is 3.32. The fourth-order valence-electron chi connectivity index (χ4n) is 2.33. The lowest BCUT2D eigenvalue weighted by atomic mass is 9.92. The van der Waals surface area contributed by atoms with E-state index in [1.807, 2.05) is 0 Å². The zero-order valence-corrected chi connectivity index (χ0v) is 12.8. The second kappa shape index (κ2) is 7.53. The number of rotatable bonds is 5. The fraction of sp³-hybridized carbons (Fsp3) is 0.286. The van der Waals surface area contributed by atoms with Crippen LogP contribution in [0.25, 0.3) is 5.57 Å². The average Bonchev–Trinajstić information content (AvgIpc) is 2.86. The summed E-state index contributed by atoms with van der Waals surface area (Å²) >= 11 is 0. The average molecular weight is 353 g/mol. The summed E-state index contributed by atoms with van der Waals surface area (Å²) in [7, 11) is 0. The zero-order valence-electron chi connectivity index (χ0n) is 27.8. The van der Waals surface area contributed by atoms with Crippen LogP contribution in [0, 0.1) is 0 Å². The Balaban J connectivity index is 2.45. The SMILES string of the molecule is [2H]c1c([2H])c(C([2H])([2H])C(=O)O)c([2H])c2c1OC([2H])([2H])c1ccccc1/C2=C\CC([2H])([2H])N(C([2H])([2H])[2H])C([2H])([2H])[2H]. The first kappa shape index (κ1) is 6.61. The topological polar surface area (TPSA) is 49.8 Å². The highest BCUT2D eigenvalue weighted by molar-refractivity contribution is 5.85. The van der Waals surface area contributed by atoms with Crippen LogP contribution in [0.4, 0.5) is 0 Å². The number of nitrogens with zero attached hydrogens (tertiary/aromatic N) is 1. The number of carboxylic acids is 1. The fourth-order valence-corrected chi connectivity index (χ4v) is 2.33. The van der Waals surface area contributed by atoms with Crippen molar-refractivity contribution in [1.82, 2.24) is 4.90 Å². The summed E-state index contributed by atoms with van der Waals surface area (Å²) in [6, 6.07) is 2.47. The lowest BCUT2D eigenvalue weighted by Crippen LogP contribution is -2.12. The predicted octanol–water partition coefficient (Wildman–Crippen LogP) is 3.59. The van der Waals surface area contributed by atoms with E-state index in [9.17, 15) is 9.90 Å². The van der Waals surface area contributed by atoms with E-state index >= 15 is 0 Å². The molecule has 2 aromatic rings. The molecule has 4 nitrogen and oxygen atoms in total. The van der Waals surface area contributed by atoms with Gasteiger partial charge in [0, 0.05) is 25.8 Å². The maximum atomic E-state index is 11.7. The number of hydrogen-bond donors (Lipinski definition) is 1. The minimum Gasteiger partial charge on any atom is -0.488 e. The maximum absolute atomic E-state index is 11.7. The van der Waals surface area contributed by atoms with E-state index in [0.717, 1.165) is 6.08 Å². The van der Waals surface area contributed by atoms with Crippen molar-refractivity contribution in [3.05, 3.63) is 70.7 Å². The highest BCUT2D eigenvalue weighted by Crippen LogP contribution is 2.37. The second-order valence-corrected chi connectivity index (χ2v) is 4.95. The molecule has 0 unspecified atom stereocenters. The van der Waals surface area contributed by atoms with Crippen molar-refractivity contribution >= 4 is 11.5 Å². The molecule has 0 amide bonds. The molecule has 0 saturated carbocycles. The van der Waals surface area contributed by atoms with Gasteiger partial charge in [0.25, 0.3) is 0 Å². The van der Waals surface area contributed by atoms with Crippen molar-refractivity contribution in [2.45, 2.75) is 19.4 Å². The van der Waals surface area contributed by atoms with Gasteiger partial charge in [-0.05, 0) is 54.7 Å². The summed E-state index contributed by atoms with van der Waals surface area (Å²) in [6.45, 7) is -12.7. The Bertz CT molecular complexity index is 1360. The molecule has 130 valence electrons. The van der Waals surface area contributed by atoms with E-state index in [2.05, 4.69) is 0 Å². The second-order valence-electron chi connectivity index (χ2n) is 4.95. The molecule has 4 heteroatoms. The van der Waals surface area contributed by atoms with Gasteiger partial charge in [0.05, 0.1) is 13.2 Å². The van der Waals surface area contributed by atoms with Gasteiger partial charge in [-0.1, -0.05) is 36.4 Å². The molecule has 0 fully saturated rings. The molecule has 2 aromatic carbocycles. The van der Waals surface area contributed by atoms with E-state index in [1.165, 1.54) is 24.3 Å². The zero-order chi connectivity index (χ0) is 30.8. The molecular weight excluding hydrogens is 314 g/mol. The lowest BCUT2D eigenvalue weighted by Gasteiger charge is -2.13. The van der Waals surface area contributed by atoms with E-state index in [4.69, 9.17) is 25.3 Å². The van der Waals surface area contributed by atoms with Gasteiger partial charge < -0.3 is 14.7 Å². The molecule has 0 bridgehead atoms. The van der Waals surface area contributed by atoms with Crippen LogP contribution in [-0.4, -0.2) is 36.4 Å². The standard InChI is InChI=1S/C21H23NO3/c1-22(2)11-5-8-18-17-7-4-3-6-16(17)14-25-20-10-9-15(12-19(18)20)13-21(23)24/h3-4,6-10,12H,5,11,13-14H2,1-2H3,(H,23,24)/b18-8+/i1D3,2D3,9D,10D,11D2,12D,13D2,14D2. The number of aliphatic carboxylic acids is 1. The quantitative estimate of drug-likeness (QED) is 0.893. The number of hydrogen-bond acceptors (Lipinski definition) is 3. The summed E-state index contributed by atoms with van der Waals surface area (Å²) < 4.78 is 126. The van der Waals surface area contributed by atoms with Gasteiger partial charge in [-0.2, -0.15) is 0 Å². The molecule has 25 heavy (non-hydrogen) atoms.